The normalized spacial score (nSPS) is 10.8. The van der Waals surface area contributed by atoms with Crippen LogP contribution in [0.5, 0.6) is 5.75 Å². The molecule has 0 amide bonds. The van der Waals surface area contributed by atoms with Gasteiger partial charge in [-0.15, -0.1) is 0 Å². The highest BCUT2D eigenvalue weighted by molar-refractivity contribution is 6.32. The third-order valence-electron chi connectivity index (χ3n) is 2.98. The molecule has 108 valence electrons. The van der Waals surface area contributed by atoms with Gasteiger partial charge in [0, 0.05) is 16.6 Å². The molecule has 1 heterocycles. The Hall–Kier alpha value is -1.72. The monoisotopic (exact) mass is 297 g/mol. The van der Waals surface area contributed by atoms with Crippen molar-refractivity contribution in [3.63, 3.8) is 0 Å². The van der Waals surface area contributed by atoms with Gasteiger partial charge in [0.1, 0.15) is 5.75 Å². The molecule has 20 heavy (non-hydrogen) atoms. The van der Waals surface area contributed by atoms with Crippen molar-refractivity contribution >= 4 is 28.5 Å². The van der Waals surface area contributed by atoms with Crippen LogP contribution in [0.15, 0.2) is 12.1 Å². The van der Waals surface area contributed by atoms with Crippen LogP contribution in [0.4, 0.5) is 0 Å². The van der Waals surface area contributed by atoms with E-state index in [-0.39, 0.29) is 6.42 Å². The molecule has 0 bridgehead atoms. The van der Waals surface area contributed by atoms with Crippen molar-refractivity contribution in [2.24, 2.45) is 0 Å². The van der Waals surface area contributed by atoms with E-state index >= 15 is 0 Å². The first-order valence-electron chi connectivity index (χ1n) is 6.23. The second-order valence-electron chi connectivity index (χ2n) is 4.30. The summed E-state index contributed by atoms with van der Waals surface area (Å²) >= 11 is 6.08. The van der Waals surface area contributed by atoms with Crippen LogP contribution in [0.1, 0.15) is 18.2 Å². The summed E-state index contributed by atoms with van der Waals surface area (Å²) in [5, 5.41) is 1.40. The van der Waals surface area contributed by atoms with Crippen LogP contribution in [-0.4, -0.2) is 24.7 Å². The lowest BCUT2D eigenvalue weighted by atomic mass is 10.1. The summed E-state index contributed by atoms with van der Waals surface area (Å²) in [4.78, 5) is 24.2. The highest BCUT2D eigenvalue weighted by Gasteiger charge is 2.16. The van der Waals surface area contributed by atoms with Crippen LogP contribution >= 0.6 is 11.6 Å². The van der Waals surface area contributed by atoms with E-state index < -0.39 is 5.97 Å². The fourth-order valence-electron chi connectivity index (χ4n) is 2.07. The number of nitrogens with one attached hydrogen (secondary N) is 1. The number of aromatic nitrogens is 1. The number of aromatic amines is 1. The SMILES string of the molecule is CCOOC(=O)Cc1c(C)[nH]c2cc(Cl)c(OC)cc12. The van der Waals surface area contributed by atoms with Crippen molar-refractivity contribution in [2.45, 2.75) is 20.3 Å². The molecule has 0 saturated heterocycles. The zero-order chi connectivity index (χ0) is 14.7. The maximum Gasteiger partial charge on any atom is 0.346 e. The number of H-pyrrole nitrogens is 1. The van der Waals surface area contributed by atoms with Crippen LogP contribution < -0.4 is 4.74 Å². The van der Waals surface area contributed by atoms with Crippen LogP contribution in [0, 0.1) is 6.92 Å². The van der Waals surface area contributed by atoms with Crippen molar-refractivity contribution in [1.82, 2.24) is 4.98 Å². The molecule has 5 nitrogen and oxygen atoms in total. The average molecular weight is 298 g/mol. The Bertz CT molecular complexity index is 636. The second kappa shape index (κ2) is 6.15. The van der Waals surface area contributed by atoms with E-state index in [1.807, 2.05) is 13.0 Å². The molecular weight excluding hydrogens is 282 g/mol. The van der Waals surface area contributed by atoms with E-state index in [0.717, 1.165) is 22.2 Å². The predicted octanol–water partition coefficient (Wildman–Crippen LogP) is 3.18. The molecule has 2 rings (SSSR count). The molecule has 6 heteroatoms. The number of aryl methyl sites for hydroxylation is 1. The summed E-state index contributed by atoms with van der Waals surface area (Å²) in [7, 11) is 1.55. The molecule has 0 atom stereocenters. The van der Waals surface area contributed by atoms with Gasteiger partial charge in [-0.05, 0) is 31.5 Å². The first-order chi connectivity index (χ1) is 9.56. The first kappa shape index (κ1) is 14.7. The standard InChI is InChI=1S/C14H16ClNO4/c1-4-19-20-14(17)6-9-8(2)16-12-7-11(15)13(18-3)5-10(9)12/h5,7,16H,4,6H2,1-3H3. The maximum atomic E-state index is 11.7. The molecule has 1 aromatic carbocycles. The van der Waals surface area contributed by atoms with Gasteiger partial charge in [-0.1, -0.05) is 11.6 Å². The molecule has 0 aliphatic carbocycles. The smallest absolute Gasteiger partial charge is 0.346 e. The minimum absolute atomic E-state index is 0.122. The van der Waals surface area contributed by atoms with E-state index in [0.29, 0.717) is 17.4 Å². The summed E-state index contributed by atoms with van der Waals surface area (Å²) in [5.74, 6) is 0.127. The average Bonchev–Trinajstić information content (AvgIpc) is 2.71. The lowest BCUT2D eigenvalue weighted by Crippen LogP contribution is -2.09. The maximum absolute atomic E-state index is 11.7. The predicted molar refractivity (Wildman–Crippen MR) is 76.0 cm³/mol. The van der Waals surface area contributed by atoms with Crippen molar-refractivity contribution in [2.75, 3.05) is 13.7 Å². The number of carbonyl (C=O) groups is 1. The first-order valence-corrected chi connectivity index (χ1v) is 6.61. The number of fused-ring (bicyclic) bond motifs is 1. The molecule has 0 aliphatic rings. The van der Waals surface area contributed by atoms with Crippen molar-refractivity contribution < 1.29 is 19.3 Å². The quantitative estimate of drug-likeness (QED) is 0.680. The van der Waals surface area contributed by atoms with Crippen molar-refractivity contribution in [3.8, 4) is 5.75 Å². The number of carbonyl (C=O) groups excluding carboxylic acids is 1. The Morgan fingerprint density at radius 3 is 2.80 bits per heavy atom. The number of methoxy groups -OCH3 is 1. The Morgan fingerprint density at radius 1 is 1.40 bits per heavy atom. The van der Waals surface area contributed by atoms with Crippen LogP contribution in [0.25, 0.3) is 10.9 Å². The van der Waals surface area contributed by atoms with Gasteiger partial charge in [0.25, 0.3) is 0 Å². The minimum Gasteiger partial charge on any atom is -0.495 e. The number of benzene rings is 1. The third-order valence-corrected chi connectivity index (χ3v) is 3.28. The van der Waals surface area contributed by atoms with Crippen molar-refractivity contribution in [3.05, 3.63) is 28.4 Å². The lowest BCUT2D eigenvalue weighted by Gasteiger charge is -2.05. The van der Waals surface area contributed by atoms with Gasteiger partial charge in [0.2, 0.25) is 0 Å². The van der Waals surface area contributed by atoms with Crippen LogP contribution in [-0.2, 0) is 21.0 Å². The van der Waals surface area contributed by atoms with E-state index in [2.05, 4.69) is 14.8 Å². The summed E-state index contributed by atoms with van der Waals surface area (Å²) in [6.45, 7) is 3.96. The van der Waals surface area contributed by atoms with Gasteiger partial charge >= 0.3 is 5.97 Å². The largest absolute Gasteiger partial charge is 0.495 e. The van der Waals surface area contributed by atoms with Gasteiger partial charge < -0.3 is 9.72 Å². The highest BCUT2D eigenvalue weighted by Crippen LogP contribution is 2.33. The lowest BCUT2D eigenvalue weighted by molar-refractivity contribution is -0.268. The Kier molecular flexibility index (Phi) is 4.52. The van der Waals surface area contributed by atoms with Crippen molar-refractivity contribution in [1.29, 1.82) is 0 Å². The zero-order valence-corrected chi connectivity index (χ0v) is 12.3. The van der Waals surface area contributed by atoms with E-state index in [1.54, 1.807) is 20.1 Å². The van der Waals surface area contributed by atoms with Gasteiger partial charge in [0.05, 0.1) is 25.2 Å². The highest BCUT2D eigenvalue weighted by atomic mass is 35.5. The van der Waals surface area contributed by atoms with E-state index in [9.17, 15) is 4.79 Å². The number of hydrogen-bond acceptors (Lipinski definition) is 4. The van der Waals surface area contributed by atoms with Gasteiger partial charge in [-0.2, -0.15) is 4.89 Å². The zero-order valence-electron chi connectivity index (χ0n) is 11.6. The van der Waals surface area contributed by atoms with Gasteiger partial charge in [-0.25, -0.2) is 4.79 Å². The number of halogens is 1. The molecule has 1 aromatic heterocycles. The topological polar surface area (TPSA) is 60.5 Å². The Balaban J connectivity index is 2.37. The molecule has 0 radical (unpaired) electrons. The second-order valence-corrected chi connectivity index (χ2v) is 4.71. The third kappa shape index (κ3) is 2.89. The molecule has 2 aromatic rings. The summed E-state index contributed by atoms with van der Waals surface area (Å²) in [5.41, 5.74) is 2.59. The Labute approximate surface area is 121 Å². The summed E-state index contributed by atoms with van der Waals surface area (Å²) < 4.78 is 5.20. The fourth-order valence-corrected chi connectivity index (χ4v) is 2.31. The Morgan fingerprint density at radius 2 is 2.15 bits per heavy atom. The van der Waals surface area contributed by atoms with E-state index in [1.165, 1.54) is 0 Å². The molecule has 0 unspecified atom stereocenters. The molecule has 0 aliphatic heterocycles. The number of hydrogen-bond donors (Lipinski definition) is 1. The summed E-state index contributed by atoms with van der Waals surface area (Å²) in [6.07, 6.45) is 0.122. The van der Waals surface area contributed by atoms with Gasteiger partial charge in [0.15, 0.2) is 0 Å². The summed E-state index contributed by atoms with van der Waals surface area (Å²) in [6, 6.07) is 3.59. The molecule has 0 saturated carbocycles. The fraction of sp³-hybridized carbons (Fsp3) is 0.357. The molecular formula is C14H16ClNO4. The van der Waals surface area contributed by atoms with Crippen LogP contribution in [0.2, 0.25) is 5.02 Å². The molecule has 1 N–H and O–H groups in total. The number of ether oxygens (including phenoxy) is 1. The van der Waals surface area contributed by atoms with E-state index in [4.69, 9.17) is 16.3 Å². The number of rotatable bonds is 5. The van der Waals surface area contributed by atoms with Gasteiger partial charge in [-0.3, -0.25) is 4.89 Å². The molecule has 0 fully saturated rings. The van der Waals surface area contributed by atoms with Crippen LogP contribution in [0.3, 0.4) is 0 Å². The minimum atomic E-state index is -0.440. The molecule has 0 spiro atoms.